The van der Waals surface area contributed by atoms with E-state index in [1.807, 2.05) is 0 Å². The van der Waals surface area contributed by atoms with Gasteiger partial charge >= 0.3 is 0 Å². The largest absolute Gasteiger partial charge is 0.393 e. The van der Waals surface area contributed by atoms with E-state index in [1.165, 1.54) is 44.9 Å². The third-order valence-corrected chi connectivity index (χ3v) is 4.99. The molecule has 1 saturated carbocycles. The number of rotatable bonds is 3. The fraction of sp³-hybridized carbons (Fsp3) is 1.00. The lowest BCUT2D eigenvalue weighted by Gasteiger charge is -2.33. The van der Waals surface area contributed by atoms with Crippen LogP contribution in [-0.2, 0) is 0 Å². The van der Waals surface area contributed by atoms with Gasteiger partial charge in [-0.1, -0.05) is 26.2 Å². The summed E-state index contributed by atoms with van der Waals surface area (Å²) in [5, 5.41) is 10.2. The van der Waals surface area contributed by atoms with E-state index in [-0.39, 0.29) is 6.10 Å². The van der Waals surface area contributed by atoms with Crippen LogP contribution in [-0.4, -0.2) is 34.7 Å². The van der Waals surface area contributed by atoms with Crippen LogP contribution in [0.15, 0.2) is 0 Å². The lowest BCUT2D eigenvalue weighted by Crippen LogP contribution is -2.41. The molecule has 1 aliphatic carbocycles. The molecule has 0 aromatic rings. The minimum Gasteiger partial charge on any atom is -0.393 e. The van der Waals surface area contributed by atoms with E-state index in [0.29, 0.717) is 5.92 Å². The van der Waals surface area contributed by atoms with Crippen molar-refractivity contribution in [3.05, 3.63) is 0 Å². The highest BCUT2D eigenvalue weighted by molar-refractivity contribution is 4.87. The Morgan fingerprint density at radius 2 is 1.82 bits per heavy atom. The van der Waals surface area contributed by atoms with Crippen molar-refractivity contribution >= 4 is 0 Å². The molecule has 2 nitrogen and oxygen atoms in total. The van der Waals surface area contributed by atoms with E-state index in [1.54, 1.807) is 0 Å². The van der Waals surface area contributed by atoms with Crippen LogP contribution in [0.5, 0.6) is 0 Å². The van der Waals surface area contributed by atoms with Gasteiger partial charge in [-0.05, 0) is 44.9 Å². The zero-order valence-electron chi connectivity index (χ0n) is 11.6. The summed E-state index contributed by atoms with van der Waals surface area (Å²) in [7, 11) is 0. The van der Waals surface area contributed by atoms with E-state index in [0.717, 1.165) is 25.0 Å². The van der Waals surface area contributed by atoms with Gasteiger partial charge in [0.2, 0.25) is 0 Å². The summed E-state index contributed by atoms with van der Waals surface area (Å²) >= 11 is 0. The summed E-state index contributed by atoms with van der Waals surface area (Å²) in [6, 6.07) is 1.51. The second kappa shape index (κ2) is 6.19. The first kappa shape index (κ1) is 13.4. The lowest BCUT2D eigenvalue weighted by molar-refractivity contribution is 0.0595. The first-order chi connectivity index (χ1) is 8.22. The van der Waals surface area contributed by atoms with Crippen molar-refractivity contribution < 1.29 is 5.11 Å². The van der Waals surface area contributed by atoms with E-state index in [9.17, 15) is 5.11 Å². The molecule has 0 spiro atoms. The summed E-state index contributed by atoms with van der Waals surface area (Å²) in [6.07, 6.45) is 10.1. The molecular formula is C15H29NO. The Morgan fingerprint density at radius 1 is 1.06 bits per heavy atom. The molecule has 0 radical (unpaired) electrons. The summed E-state index contributed by atoms with van der Waals surface area (Å²) in [5.74, 6) is 0.534. The standard InChI is InChI=1S/C15H29NO/c1-3-14-10-9-12(2)16(14)11-13-7-5-4-6-8-15(13)17/h12-15,17H,3-11H2,1-2H3. The molecular weight excluding hydrogens is 210 g/mol. The fourth-order valence-corrected chi connectivity index (χ4v) is 3.74. The highest BCUT2D eigenvalue weighted by Crippen LogP contribution is 2.31. The monoisotopic (exact) mass is 239 g/mol. The van der Waals surface area contributed by atoms with Crippen LogP contribution in [0.4, 0.5) is 0 Å². The van der Waals surface area contributed by atoms with Crippen molar-refractivity contribution in [3.63, 3.8) is 0 Å². The summed E-state index contributed by atoms with van der Waals surface area (Å²) in [6.45, 7) is 5.80. The van der Waals surface area contributed by atoms with Crippen LogP contribution in [0.2, 0.25) is 0 Å². The predicted octanol–water partition coefficient (Wildman–Crippen LogP) is 3.19. The molecule has 0 bridgehead atoms. The van der Waals surface area contributed by atoms with Crippen molar-refractivity contribution in [2.75, 3.05) is 6.54 Å². The summed E-state index contributed by atoms with van der Waals surface area (Å²) in [5.41, 5.74) is 0. The normalized spacial score (nSPS) is 40.4. The Balaban J connectivity index is 1.93. The van der Waals surface area contributed by atoms with Gasteiger partial charge in [-0.15, -0.1) is 0 Å². The van der Waals surface area contributed by atoms with Crippen molar-refractivity contribution in [3.8, 4) is 0 Å². The smallest absolute Gasteiger partial charge is 0.0580 e. The van der Waals surface area contributed by atoms with Crippen molar-refractivity contribution in [2.24, 2.45) is 5.92 Å². The van der Waals surface area contributed by atoms with Gasteiger partial charge in [-0.3, -0.25) is 4.90 Å². The maximum absolute atomic E-state index is 10.2. The van der Waals surface area contributed by atoms with E-state index in [4.69, 9.17) is 0 Å². The number of hydrogen-bond donors (Lipinski definition) is 1. The zero-order valence-corrected chi connectivity index (χ0v) is 11.6. The van der Waals surface area contributed by atoms with Crippen LogP contribution in [0.1, 0.15) is 65.2 Å². The average molecular weight is 239 g/mol. The van der Waals surface area contributed by atoms with Gasteiger partial charge in [-0.25, -0.2) is 0 Å². The van der Waals surface area contributed by atoms with Crippen molar-refractivity contribution in [1.82, 2.24) is 4.90 Å². The molecule has 4 atom stereocenters. The van der Waals surface area contributed by atoms with Gasteiger partial charge in [0.15, 0.2) is 0 Å². The maximum atomic E-state index is 10.2. The highest BCUT2D eigenvalue weighted by Gasteiger charge is 2.33. The predicted molar refractivity (Wildman–Crippen MR) is 72.1 cm³/mol. The van der Waals surface area contributed by atoms with E-state index >= 15 is 0 Å². The summed E-state index contributed by atoms with van der Waals surface area (Å²) in [4.78, 5) is 2.68. The van der Waals surface area contributed by atoms with Gasteiger partial charge in [0.25, 0.3) is 0 Å². The summed E-state index contributed by atoms with van der Waals surface area (Å²) < 4.78 is 0. The third-order valence-electron chi connectivity index (χ3n) is 4.99. The molecule has 1 heterocycles. The molecule has 100 valence electrons. The van der Waals surface area contributed by atoms with Gasteiger partial charge in [-0.2, -0.15) is 0 Å². The third kappa shape index (κ3) is 3.23. The Morgan fingerprint density at radius 3 is 2.59 bits per heavy atom. The second-order valence-electron chi connectivity index (χ2n) is 6.15. The number of aliphatic hydroxyl groups excluding tert-OH is 1. The number of likely N-dealkylation sites (tertiary alicyclic amines) is 1. The fourth-order valence-electron chi connectivity index (χ4n) is 3.74. The molecule has 2 heteroatoms. The molecule has 2 aliphatic rings. The molecule has 1 aliphatic heterocycles. The molecule has 17 heavy (non-hydrogen) atoms. The Hall–Kier alpha value is -0.0800. The highest BCUT2D eigenvalue weighted by atomic mass is 16.3. The average Bonchev–Trinajstić information content (AvgIpc) is 2.54. The lowest BCUT2D eigenvalue weighted by atomic mass is 9.96. The van der Waals surface area contributed by atoms with Crippen LogP contribution in [0.3, 0.4) is 0 Å². The number of aliphatic hydroxyl groups is 1. The van der Waals surface area contributed by atoms with Gasteiger partial charge < -0.3 is 5.11 Å². The van der Waals surface area contributed by atoms with Crippen LogP contribution < -0.4 is 0 Å². The zero-order chi connectivity index (χ0) is 12.3. The van der Waals surface area contributed by atoms with Crippen LogP contribution in [0, 0.1) is 5.92 Å². The van der Waals surface area contributed by atoms with Crippen molar-refractivity contribution in [1.29, 1.82) is 0 Å². The Labute approximate surface area is 106 Å². The Bertz CT molecular complexity index is 231. The molecule has 1 N–H and O–H groups in total. The molecule has 4 unspecified atom stereocenters. The van der Waals surface area contributed by atoms with Crippen LogP contribution >= 0.6 is 0 Å². The molecule has 2 rings (SSSR count). The second-order valence-corrected chi connectivity index (χ2v) is 6.15. The minimum atomic E-state index is -0.0391. The quantitative estimate of drug-likeness (QED) is 0.765. The van der Waals surface area contributed by atoms with Gasteiger partial charge in [0.05, 0.1) is 6.10 Å². The first-order valence-corrected chi connectivity index (χ1v) is 7.66. The first-order valence-electron chi connectivity index (χ1n) is 7.66. The maximum Gasteiger partial charge on any atom is 0.0580 e. The topological polar surface area (TPSA) is 23.5 Å². The molecule has 1 saturated heterocycles. The van der Waals surface area contributed by atoms with E-state index < -0.39 is 0 Å². The Kier molecular flexibility index (Phi) is 4.87. The SMILES string of the molecule is CCC1CCC(C)N1CC1CCCCCC1O. The molecule has 2 fully saturated rings. The minimum absolute atomic E-state index is 0.0391. The molecule has 0 amide bonds. The molecule has 0 aromatic heterocycles. The van der Waals surface area contributed by atoms with Crippen LogP contribution in [0.25, 0.3) is 0 Å². The van der Waals surface area contributed by atoms with Gasteiger partial charge in [0.1, 0.15) is 0 Å². The van der Waals surface area contributed by atoms with Crippen molar-refractivity contribution in [2.45, 2.75) is 83.4 Å². The van der Waals surface area contributed by atoms with E-state index in [2.05, 4.69) is 18.7 Å². The molecule has 0 aromatic carbocycles. The van der Waals surface area contributed by atoms with Gasteiger partial charge in [0, 0.05) is 18.6 Å². The number of nitrogens with zero attached hydrogens (tertiary/aromatic N) is 1. The number of hydrogen-bond acceptors (Lipinski definition) is 2.